The Morgan fingerprint density at radius 3 is 1.73 bits per heavy atom. The number of hydrogen-bond donors (Lipinski definition) is 1. The van der Waals surface area contributed by atoms with Crippen LogP contribution in [0, 0.1) is 6.92 Å². The van der Waals surface area contributed by atoms with E-state index in [0.29, 0.717) is 5.69 Å². The first-order valence-electron chi connectivity index (χ1n) is 8.52. The van der Waals surface area contributed by atoms with Crippen molar-refractivity contribution >= 4 is 5.97 Å². The summed E-state index contributed by atoms with van der Waals surface area (Å²) in [6, 6.07) is 7.24. The first-order chi connectivity index (χ1) is 14.4. The van der Waals surface area contributed by atoms with Crippen LogP contribution in [0.25, 0.3) is 0 Å². The maximum absolute atomic E-state index is 11.9. The summed E-state index contributed by atoms with van der Waals surface area (Å²) in [5.74, 6) is -0.756. The minimum absolute atomic E-state index is 0.0393. The monoisotopic (exact) mass is 414 g/mol. The molecule has 0 saturated carbocycles. The lowest BCUT2D eigenvalue weighted by molar-refractivity contribution is 0.0691. The number of nitrogens with zero attached hydrogens (tertiary/aromatic N) is 4. The van der Waals surface area contributed by atoms with Gasteiger partial charge in [-0.1, -0.05) is 6.07 Å². The van der Waals surface area contributed by atoms with Crippen LogP contribution in [0.4, 0.5) is 0 Å². The average molecular weight is 414 g/mol. The van der Waals surface area contributed by atoms with Crippen LogP contribution in [0.5, 0.6) is 41.2 Å². The third-order valence-electron chi connectivity index (χ3n) is 3.70. The lowest BCUT2D eigenvalue weighted by Crippen LogP contribution is -2.06. The summed E-state index contributed by atoms with van der Waals surface area (Å²) in [6.07, 6.45) is 0. The Bertz CT molecular complexity index is 1050. The summed E-state index contributed by atoms with van der Waals surface area (Å²) < 4.78 is 26.4. The molecule has 11 heteroatoms. The molecule has 156 valence electrons. The minimum atomic E-state index is -1.30. The van der Waals surface area contributed by atoms with Crippen LogP contribution in [-0.2, 0) is 0 Å². The smallest absolute Gasteiger partial charge is 0.343 e. The SMILES string of the molecule is COc1cc(C)nc(Oc2cccc(Oc3nc(OC)cc(OC)n3)c2C(=O)O)n1. The van der Waals surface area contributed by atoms with Gasteiger partial charge in [-0.15, -0.1) is 0 Å². The zero-order valence-corrected chi connectivity index (χ0v) is 16.6. The zero-order chi connectivity index (χ0) is 21.7. The highest BCUT2D eigenvalue weighted by molar-refractivity contribution is 5.94. The zero-order valence-electron chi connectivity index (χ0n) is 16.6. The number of methoxy groups -OCH3 is 3. The van der Waals surface area contributed by atoms with Crippen LogP contribution >= 0.6 is 0 Å². The number of aryl methyl sites for hydroxylation is 1. The number of aromatic carboxylic acids is 1. The molecular formula is C19H18N4O7. The standard InChI is InChI=1S/C19H18N4O7/c1-10-8-13(26-2)21-18(20-10)29-11-6-5-7-12(16(11)17(24)25)30-19-22-14(27-3)9-15(23-19)28-4/h5-9H,1-4H3,(H,24,25). The number of benzene rings is 1. The Morgan fingerprint density at radius 2 is 1.27 bits per heavy atom. The predicted octanol–water partition coefficient (Wildman–Crippen LogP) is 2.88. The molecule has 0 atom stereocenters. The number of carboxylic acid groups (broad SMARTS) is 1. The molecule has 0 saturated heterocycles. The van der Waals surface area contributed by atoms with Gasteiger partial charge in [-0.3, -0.25) is 0 Å². The summed E-state index contributed by atoms with van der Waals surface area (Å²) in [6.45, 7) is 1.72. The summed E-state index contributed by atoms with van der Waals surface area (Å²) in [5, 5.41) is 9.74. The van der Waals surface area contributed by atoms with Gasteiger partial charge in [0.05, 0.1) is 27.4 Å². The van der Waals surface area contributed by atoms with Gasteiger partial charge in [0, 0.05) is 11.8 Å². The highest BCUT2D eigenvalue weighted by Crippen LogP contribution is 2.34. The van der Waals surface area contributed by atoms with Gasteiger partial charge in [-0.2, -0.15) is 19.9 Å². The van der Waals surface area contributed by atoms with Gasteiger partial charge in [0.2, 0.25) is 17.6 Å². The lowest BCUT2D eigenvalue weighted by atomic mass is 10.2. The molecule has 0 spiro atoms. The first-order valence-corrected chi connectivity index (χ1v) is 8.52. The Morgan fingerprint density at radius 1 is 0.800 bits per heavy atom. The van der Waals surface area contributed by atoms with Crippen molar-refractivity contribution in [3.63, 3.8) is 0 Å². The Kier molecular flexibility index (Phi) is 6.11. The van der Waals surface area contributed by atoms with Gasteiger partial charge in [-0.25, -0.2) is 4.79 Å². The number of carbonyl (C=O) groups is 1. The van der Waals surface area contributed by atoms with Gasteiger partial charge in [-0.05, 0) is 19.1 Å². The second-order valence-electron chi connectivity index (χ2n) is 5.71. The van der Waals surface area contributed by atoms with E-state index in [1.165, 1.54) is 39.5 Å². The molecule has 2 aromatic heterocycles. The van der Waals surface area contributed by atoms with E-state index in [0.717, 1.165) is 0 Å². The van der Waals surface area contributed by atoms with E-state index < -0.39 is 5.97 Å². The summed E-state index contributed by atoms with van der Waals surface area (Å²) >= 11 is 0. The Balaban J connectivity index is 2.00. The molecule has 0 aliphatic rings. The van der Waals surface area contributed by atoms with E-state index in [2.05, 4.69) is 19.9 Å². The second kappa shape index (κ2) is 8.90. The van der Waals surface area contributed by atoms with Crippen molar-refractivity contribution in [2.24, 2.45) is 0 Å². The quantitative estimate of drug-likeness (QED) is 0.583. The topological polar surface area (TPSA) is 135 Å². The number of rotatable bonds is 8. The minimum Gasteiger partial charge on any atom is -0.481 e. The maximum atomic E-state index is 11.9. The molecule has 11 nitrogen and oxygen atoms in total. The molecule has 0 amide bonds. The van der Waals surface area contributed by atoms with Crippen LogP contribution < -0.4 is 23.7 Å². The normalized spacial score (nSPS) is 10.3. The predicted molar refractivity (Wildman–Crippen MR) is 102 cm³/mol. The van der Waals surface area contributed by atoms with Crippen LogP contribution in [0.15, 0.2) is 30.3 Å². The largest absolute Gasteiger partial charge is 0.481 e. The van der Waals surface area contributed by atoms with E-state index in [4.69, 9.17) is 23.7 Å². The second-order valence-corrected chi connectivity index (χ2v) is 5.71. The van der Waals surface area contributed by atoms with Crippen LogP contribution in [0.2, 0.25) is 0 Å². The highest BCUT2D eigenvalue weighted by atomic mass is 16.5. The molecule has 3 rings (SSSR count). The van der Waals surface area contributed by atoms with Crippen molar-refractivity contribution in [1.29, 1.82) is 0 Å². The fourth-order valence-electron chi connectivity index (χ4n) is 2.39. The molecule has 1 N–H and O–H groups in total. The third-order valence-corrected chi connectivity index (χ3v) is 3.70. The molecule has 0 aliphatic heterocycles. The van der Waals surface area contributed by atoms with E-state index in [1.54, 1.807) is 19.1 Å². The molecule has 30 heavy (non-hydrogen) atoms. The van der Waals surface area contributed by atoms with Crippen molar-refractivity contribution < 1.29 is 33.6 Å². The molecular weight excluding hydrogens is 396 g/mol. The number of ether oxygens (including phenoxy) is 5. The lowest BCUT2D eigenvalue weighted by Gasteiger charge is -2.13. The Hall–Kier alpha value is -4.15. The highest BCUT2D eigenvalue weighted by Gasteiger charge is 2.21. The molecule has 0 aliphatic carbocycles. The van der Waals surface area contributed by atoms with E-state index >= 15 is 0 Å². The van der Waals surface area contributed by atoms with Crippen molar-refractivity contribution in [2.75, 3.05) is 21.3 Å². The third kappa shape index (κ3) is 4.63. The summed E-state index contributed by atoms with van der Waals surface area (Å²) in [4.78, 5) is 28.2. The molecule has 0 unspecified atom stereocenters. The molecule has 0 radical (unpaired) electrons. The van der Waals surface area contributed by atoms with E-state index in [1.807, 2.05) is 0 Å². The van der Waals surface area contributed by atoms with Crippen LogP contribution in [-0.4, -0.2) is 52.3 Å². The van der Waals surface area contributed by atoms with Crippen LogP contribution in [0.3, 0.4) is 0 Å². The molecule has 2 heterocycles. The molecule has 0 bridgehead atoms. The fourth-order valence-corrected chi connectivity index (χ4v) is 2.39. The van der Waals surface area contributed by atoms with E-state index in [-0.39, 0.29) is 46.7 Å². The fraction of sp³-hybridized carbons (Fsp3) is 0.211. The first kappa shape index (κ1) is 20.6. The van der Waals surface area contributed by atoms with Crippen LogP contribution in [0.1, 0.15) is 16.1 Å². The Labute approximate surface area is 171 Å². The average Bonchev–Trinajstić information content (AvgIpc) is 2.72. The maximum Gasteiger partial charge on any atom is 0.343 e. The van der Waals surface area contributed by atoms with Crippen molar-refractivity contribution in [1.82, 2.24) is 19.9 Å². The molecule has 1 aromatic carbocycles. The number of aromatic nitrogens is 4. The van der Waals surface area contributed by atoms with Gasteiger partial charge in [0.1, 0.15) is 17.1 Å². The number of carboxylic acids is 1. The summed E-state index contributed by atoms with van der Waals surface area (Å²) in [7, 11) is 4.28. The summed E-state index contributed by atoms with van der Waals surface area (Å²) in [5.41, 5.74) is 0.310. The van der Waals surface area contributed by atoms with Crippen molar-refractivity contribution in [3.05, 3.63) is 41.6 Å². The van der Waals surface area contributed by atoms with Gasteiger partial charge < -0.3 is 28.8 Å². The van der Waals surface area contributed by atoms with Crippen molar-refractivity contribution in [3.8, 4) is 41.2 Å². The molecule has 0 fully saturated rings. The van der Waals surface area contributed by atoms with Gasteiger partial charge >= 0.3 is 18.0 Å². The number of hydrogen-bond acceptors (Lipinski definition) is 10. The van der Waals surface area contributed by atoms with Gasteiger partial charge in [0.25, 0.3) is 0 Å². The van der Waals surface area contributed by atoms with Crippen molar-refractivity contribution in [2.45, 2.75) is 6.92 Å². The van der Waals surface area contributed by atoms with E-state index in [9.17, 15) is 9.90 Å². The van der Waals surface area contributed by atoms with Gasteiger partial charge in [0.15, 0.2) is 0 Å². The molecule has 3 aromatic rings.